The highest BCUT2D eigenvalue weighted by Crippen LogP contribution is 2.23. The number of alkyl halides is 1. The van der Waals surface area contributed by atoms with Gasteiger partial charge in [-0.15, -0.1) is 0 Å². The minimum absolute atomic E-state index is 0.0254. The van der Waals surface area contributed by atoms with Gasteiger partial charge in [-0.2, -0.15) is 0 Å². The number of carbonyl (C=O) groups is 1. The molecule has 1 rings (SSSR count). The van der Waals surface area contributed by atoms with Gasteiger partial charge in [0, 0.05) is 23.2 Å². The molecule has 0 saturated carbocycles. The van der Waals surface area contributed by atoms with Crippen molar-refractivity contribution in [2.75, 3.05) is 10.6 Å². The first kappa shape index (κ1) is 14.2. The standard InChI is InChI=1S/C12H19BrN2O2/c1-12(2,3)9-8-11(17-15-9)14-10(16)6-4-5-7-13/h8H,4-7H2,1-3H3,(H,14,16). The average molecular weight is 303 g/mol. The molecule has 1 N–H and O–H groups in total. The van der Waals surface area contributed by atoms with Gasteiger partial charge in [-0.25, -0.2) is 0 Å². The van der Waals surface area contributed by atoms with Crippen LogP contribution in [-0.2, 0) is 10.2 Å². The Morgan fingerprint density at radius 3 is 2.71 bits per heavy atom. The van der Waals surface area contributed by atoms with Gasteiger partial charge in [0.1, 0.15) is 0 Å². The summed E-state index contributed by atoms with van der Waals surface area (Å²) in [5.74, 6) is 0.404. The Hall–Kier alpha value is -0.840. The molecule has 0 radical (unpaired) electrons. The van der Waals surface area contributed by atoms with Crippen LogP contribution in [0.25, 0.3) is 0 Å². The summed E-state index contributed by atoms with van der Waals surface area (Å²) < 4.78 is 5.08. The fourth-order valence-electron chi connectivity index (χ4n) is 1.27. The van der Waals surface area contributed by atoms with Crippen LogP contribution in [0.1, 0.15) is 45.7 Å². The van der Waals surface area contributed by atoms with Crippen molar-refractivity contribution in [3.05, 3.63) is 11.8 Å². The molecule has 0 aliphatic heterocycles. The summed E-state index contributed by atoms with van der Waals surface area (Å²) in [6.45, 7) is 6.14. The third-order valence-electron chi connectivity index (χ3n) is 2.33. The highest BCUT2D eigenvalue weighted by molar-refractivity contribution is 9.09. The number of nitrogens with one attached hydrogen (secondary N) is 1. The van der Waals surface area contributed by atoms with Crippen molar-refractivity contribution < 1.29 is 9.32 Å². The molecular formula is C12H19BrN2O2. The summed E-state index contributed by atoms with van der Waals surface area (Å²) in [5.41, 5.74) is 0.774. The number of hydrogen-bond acceptors (Lipinski definition) is 3. The fourth-order valence-corrected chi connectivity index (χ4v) is 1.66. The van der Waals surface area contributed by atoms with E-state index >= 15 is 0 Å². The summed E-state index contributed by atoms with van der Waals surface area (Å²) in [7, 11) is 0. The van der Waals surface area contributed by atoms with E-state index in [9.17, 15) is 4.79 Å². The van der Waals surface area contributed by atoms with Gasteiger partial charge in [0.2, 0.25) is 11.8 Å². The van der Waals surface area contributed by atoms with E-state index in [0.717, 1.165) is 23.9 Å². The van der Waals surface area contributed by atoms with Crippen LogP contribution in [0.2, 0.25) is 0 Å². The molecule has 0 fully saturated rings. The summed E-state index contributed by atoms with van der Waals surface area (Å²) >= 11 is 3.33. The number of aromatic nitrogens is 1. The normalized spacial score (nSPS) is 11.5. The molecule has 0 spiro atoms. The topological polar surface area (TPSA) is 55.1 Å². The van der Waals surface area contributed by atoms with Crippen molar-refractivity contribution in [2.45, 2.75) is 45.4 Å². The van der Waals surface area contributed by atoms with Crippen LogP contribution in [0.5, 0.6) is 0 Å². The maximum atomic E-state index is 11.5. The second-order valence-electron chi connectivity index (χ2n) is 5.02. The lowest BCUT2D eigenvalue weighted by molar-refractivity contribution is -0.116. The van der Waals surface area contributed by atoms with Crippen molar-refractivity contribution in [2.24, 2.45) is 0 Å². The van der Waals surface area contributed by atoms with Crippen LogP contribution in [-0.4, -0.2) is 16.4 Å². The molecule has 1 heterocycles. The largest absolute Gasteiger partial charge is 0.338 e. The van der Waals surface area contributed by atoms with Crippen LogP contribution in [0.4, 0.5) is 5.88 Å². The van der Waals surface area contributed by atoms with Gasteiger partial charge >= 0.3 is 0 Å². The lowest BCUT2D eigenvalue weighted by atomic mass is 9.92. The zero-order chi connectivity index (χ0) is 12.9. The van der Waals surface area contributed by atoms with Gasteiger partial charge in [-0.1, -0.05) is 41.9 Å². The van der Waals surface area contributed by atoms with E-state index in [1.165, 1.54) is 0 Å². The number of amides is 1. The van der Waals surface area contributed by atoms with E-state index < -0.39 is 0 Å². The van der Waals surface area contributed by atoms with E-state index in [1.807, 2.05) is 20.8 Å². The Kier molecular flexibility index (Phi) is 5.18. The molecule has 0 atom stereocenters. The molecule has 1 aromatic rings. The summed E-state index contributed by atoms with van der Waals surface area (Å²) in [4.78, 5) is 11.5. The van der Waals surface area contributed by atoms with Gasteiger partial charge in [0.15, 0.2) is 0 Å². The molecule has 4 nitrogen and oxygen atoms in total. The summed E-state index contributed by atoms with van der Waals surface area (Å²) in [6.07, 6.45) is 2.38. The zero-order valence-corrected chi connectivity index (χ0v) is 12.1. The first-order chi connectivity index (χ1) is 7.93. The molecule has 1 amide bonds. The highest BCUT2D eigenvalue weighted by Gasteiger charge is 2.19. The van der Waals surface area contributed by atoms with Crippen LogP contribution in [0.3, 0.4) is 0 Å². The van der Waals surface area contributed by atoms with Gasteiger partial charge < -0.3 is 4.52 Å². The van der Waals surface area contributed by atoms with Crippen molar-refractivity contribution in [3.63, 3.8) is 0 Å². The Morgan fingerprint density at radius 2 is 2.18 bits per heavy atom. The SMILES string of the molecule is CC(C)(C)c1cc(NC(=O)CCCCBr)on1. The maximum Gasteiger partial charge on any atom is 0.231 e. The second-order valence-corrected chi connectivity index (χ2v) is 5.81. The minimum atomic E-state index is -0.0670. The number of rotatable bonds is 5. The second kappa shape index (κ2) is 6.19. The Bertz CT molecular complexity index is 369. The average Bonchev–Trinajstić information content (AvgIpc) is 2.66. The third-order valence-corrected chi connectivity index (χ3v) is 2.89. The molecule has 96 valence electrons. The minimum Gasteiger partial charge on any atom is -0.338 e. The van der Waals surface area contributed by atoms with Crippen LogP contribution in [0.15, 0.2) is 10.6 Å². The Labute approximate surface area is 110 Å². The van der Waals surface area contributed by atoms with Gasteiger partial charge in [-0.05, 0) is 12.8 Å². The Morgan fingerprint density at radius 1 is 1.47 bits per heavy atom. The Balaban J connectivity index is 2.46. The van der Waals surface area contributed by atoms with Gasteiger partial charge in [0.05, 0.1) is 5.69 Å². The van der Waals surface area contributed by atoms with Crippen molar-refractivity contribution in [1.29, 1.82) is 0 Å². The van der Waals surface area contributed by atoms with E-state index in [2.05, 4.69) is 26.4 Å². The first-order valence-electron chi connectivity index (χ1n) is 5.76. The number of nitrogens with zero attached hydrogens (tertiary/aromatic N) is 1. The molecule has 0 aromatic carbocycles. The van der Waals surface area contributed by atoms with Crippen molar-refractivity contribution in [1.82, 2.24) is 5.16 Å². The summed E-state index contributed by atoms with van der Waals surface area (Å²) in [5, 5.41) is 7.58. The monoisotopic (exact) mass is 302 g/mol. The number of hydrogen-bond donors (Lipinski definition) is 1. The van der Waals surface area contributed by atoms with Gasteiger partial charge in [-0.3, -0.25) is 10.1 Å². The molecule has 1 aromatic heterocycles. The van der Waals surface area contributed by atoms with Gasteiger partial charge in [0.25, 0.3) is 0 Å². The van der Waals surface area contributed by atoms with E-state index in [-0.39, 0.29) is 11.3 Å². The van der Waals surface area contributed by atoms with Crippen LogP contribution >= 0.6 is 15.9 Å². The quantitative estimate of drug-likeness (QED) is 0.669. The van der Waals surface area contributed by atoms with E-state index in [0.29, 0.717) is 12.3 Å². The molecule has 0 saturated heterocycles. The number of anilines is 1. The lowest BCUT2D eigenvalue weighted by Gasteiger charge is -2.12. The molecule has 0 aliphatic rings. The maximum absolute atomic E-state index is 11.5. The zero-order valence-electron chi connectivity index (χ0n) is 10.5. The number of halogens is 1. The first-order valence-corrected chi connectivity index (χ1v) is 6.88. The predicted molar refractivity (Wildman–Crippen MR) is 71.5 cm³/mol. The van der Waals surface area contributed by atoms with Crippen LogP contribution in [0, 0.1) is 0 Å². The molecule has 5 heteroatoms. The highest BCUT2D eigenvalue weighted by atomic mass is 79.9. The smallest absolute Gasteiger partial charge is 0.231 e. The van der Waals surface area contributed by atoms with E-state index in [4.69, 9.17) is 4.52 Å². The fraction of sp³-hybridized carbons (Fsp3) is 0.667. The van der Waals surface area contributed by atoms with Crippen molar-refractivity contribution >= 4 is 27.7 Å². The predicted octanol–water partition coefficient (Wildman–Crippen LogP) is 3.48. The number of unbranched alkanes of at least 4 members (excludes halogenated alkanes) is 1. The van der Waals surface area contributed by atoms with E-state index in [1.54, 1.807) is 6.07 Å². The molecule has 0 unspecified atom stereocenters. The third kappa shape index (κ3) is 4.89. The van der Waals surface area contributed by atoms with Crippen LogP contribution < -0.4 is 5.32 Å². The molecule has 17 heavy (non-hydrogen) atoms. The van der Waals surface area contributed by atoms with Crippen molar-refractivity contribution in [3.8, 4) is 0 Å². The molecule has 0 bridgehead atoms. The lowest BCUT2D eigenvalue weighted by Crippen LogP contribution is -2.12. The molecular weight excluding hydrogens is 284 g/mol. The number of carbonyl (C=O) groups excluding carboxylic acids is 1. The summed E-state index contributed by atoms with van der Waals surface area (Å²) in [6, 6.07) is 1.78. The molecule has 0 aliphatic carbocycles.